The molecule has 1 amide bonds. The molecule has 9 rings (SSSR count). The van der Waals surface area contributed by atoms with Gasteiger partial charge in [-0.3, -0.25) is 9.48 Å². The lowest BCUT2D eigenvalue weighted by atomic mass is 9.78. The maximum Gasteiger partial charge on any atom is 0.326 e. The number of carbonyl (C=O) groups is 2. The van der Waals surface area contributed by atoms with Gasteiger partial charge in [-0.15, -0.1) is 0 Å². The Balaban J connectivity index is 1.23. The van der Waals surface area contributed by atoms with E-state index in [0.717, 1.165) is 10.9 Å². The summed E-state index contributed by atoms with van der Waals surface area (Å²) in [4.78, 5) is 43.7. The molecule has 4 aliphatic rings. The SMILES string of the molecule is C[C@H]1CN2CC[C@]1(F)c1cc(-c3cnn(C)c3)cnc1O[C@H]1C[C@@H](C(=O)O)N(C1)c1nc(nc3c1oc1ccccc13)CCOCCCC2=O. The van der Waals surface area contributed by atoms with E-state index in [2.05, 4.69) is 10.1 Å². The zero-order valence-electron chi connectivity index (χ0n) is 27.9. The first-order valence-electron chi connectivity index (χ1n) is 17.1. The molecule has 5 aromatic rings. The van der Waals surface area contributed by atoms with Crippen LogP contribution in [0.15, 0.2) is 53.3 Å². The van der Waals surface area contributed by atoms with Crippen molar-refractivity contribution in [2.45, 2.75) is 56.8 Å². The first kappa shape index (κ1) is 32.1. The average molecular weight is 684 g/mol. The van der Waals surface area contributed by atoms with Gasteiger partial charge in [-0.05, 0) is 24.6 Å². The van der Waals surface area contributed by atoms with Crippen LogP contribution >= 0.6 is 0 Å². The standard InChI is InChI=1S/C36H38FN7O6/c1-21-18-43-11-10-36(21,37)26-14-22(23-17-39-42(2)19-23)16-38-34(26)49-24-15-27(35(46)47)44(20-24)33-32-31(25-6-3-4-7-28(25)50-32)40-29(41-33)9-13-48-12-5-8-30(43)45/h3-4,6-7,14,16-17,19,21,24,27H,5,8-13,15,18,20H2,1-2H3,(H,46,47)/t21-,24-,27-,36+/m0/s1. The smallest absolute Gasteiger partial charge is 0.326 e. The zero-order valence-corrected chi connectivity index (χ0v) is 27.9. The molecule has 14 heteroatoms. The minimum atomic E-state index is -1.87. The molecule has 0 spiro atoms. The predicted octanol–water partition coefficient (Wildman–Crippen LogP) is 4.67. The van der Waals surface area contributed by atoms with E-state index < -0.39 is 29.7 Å². The van der Waals surface area contributed by atoms with E-state index in [4.69, 9.17) is 23.9 Å². The lowest BCUT2D eigenvalue weighted by Crippen LogP contribution is -2.49. The summed E-state index contributed by atoms with van der Waals surface area (Å²) in [5.74, 6) is -0.719. The van der Waals surface area contributed by atoms with Crippen molar-refractivity contribution < 1.29 is 33.0 Å². The number of aliphatic carboxylic acids is 1. The third kappa shape index (κ3) is 5.70. The quantitative estimate of drug-likeness (QED) is 0.277. The number of ether oxygens (including phenoxy) is 2. The number of carboxylic acid groups (broad SMARTS) is 1. The fraction of sp³-hybridized carbons (Fsp3) is 0.444. The normalized spacial score (nSPS) is 24.8. The molecular formula is C36H38FN7O6. The number of anilines is 1. The number of hydrogen-bond donors (Lipinski definition) is 1. The Labute approximate surface area is 287 Å². The van der Waals surface area contributed by atoms with Crippen molar-refractivity contribution in [2.24, 2.45) is 13.0 Å². The number of alkyl halides is 1. The number of aromatic nitrogens is 5. The summed E-state index contributed by atoms with van der Waals surface area (Å²) in [5.41, 5.74) is 1.42. The molecule has 1 N–H and O–H groups in total. The number of amides is 1. The van der Waals surface area contributed by atoms with Crippen molar-refractivity contribution in [3.8, 4) is 17.0 Å². The Hall–Kier alpha value is -5.11. The Kier molecular flexibility index (Phi) is 8.13. The van der Waals surface area contributed by atoms with Crippen molar-refractivity contribution in [3.05, 3.63) is 60.3 Å². The summed E-state index contributed by atoms with van der Waals surface area (Å²) in [6.45, 7) is 3.11. The maximum absolute atomic E-state index is 17.5. The van der Waals surface area contributed by atoms with Crippen LogP contribution in [0, 0.1) is 5.92 Å². The van der Waals surface area contributed by atoms with E-state index in [1.807, 2.05) is 30.5 Å². The number of furan rings is 1. The van der Waals surface area contributed by atoms with Crippen molar-refractivity contribution in [3.63, 3.8) is 0 Å². The van der Waals surface area contributed by atoms with Crippen molar-refractivity contribution in [2.75, 3.05) is 37.7 Å². The Morgan fingerprint density at radius 2 is 1.96 bits per heavy atom. The molecule has 1 aromatic carbocycles. The second kappa shape index (κ2) is 12.7. The highest BCUT2D eigenvalue weighted by atomic mass is 19.1. The van der Waals surface area contributed by atoms with E-state index in [1.165, 1.54) is 0 Å². The molecule has 0 aliphatic carbocycles. The molecule has 0 unspecified atom stereocenters. The fourth-order valence-electron chi connectivity index (χ4n) is 7.50. The summed E-state index contributed by atoms with van der Waals surface area (Å²) in [7, 11) is 1.81. The Morgan fingerprint density at radius 3 is 2.76 bits per heavy atom. The van der Waals surface area contributed by atoms with Crippen LogP contribution < -0.4 is 9.64 Å². The van der Waals surface area contributed by atoms with E-state index in [0.29, 0.717) is 66.4 Å². The van der Waals surface area contributed by atoms with Gasteiger partial charge in [0.25, 0.3) is 0 Å². The van der Waals surface area contributed by atoms with Gasteiger partial charge >= 0.3 is 5.97 Å². The van der Waals surface area contributed by atoms with Gasteiger partial charge in [0.15, 0.2) is 11.4 Å². The average Bonchev–Trinajstić information content (AvgIpc) is 3.84. The van der Waals surface area contributed by atoms with Crippen molar-refractivity contribution in [1.29, 1.82) is 0 Å². The fourth-order valence-corrected chi connectivity index (χ4v) is 7.50. The van der Waals surface area contributed by atoms with Crippen LogP contribution in [0.25, 0.3) is 33.2 Å². The summed E-state index contributed by atoms with van der Waals surface area (Å²) >= 11 is 0. The lowest BCUT2D eigenvalue weighted by Gasteiger charge is -2.42. The van der Waals surface area contributed by atoms with Gasteiger partial charge in [0.1, 0.15) is 34.7 Å². The number of carbonyl (C=O) groups excluding carboxylic acids is 1. The topological polar surface area (TPSA) is 149 Å². The second-order valence-corrected chi connectivity index (χ2v) is 13.5. The highest BCUT2D eigenvalue weighted by Gasteiger charge is 2.47. The van der Waals surface area contributed by atoms with Crippen LogP contribution in [0.3, 0.4) is 0 Å². The highest BCUT2D eigenvalue weighted by Crippen LogP contribution is 2.46. The minimum absolute atomic E-state index is 0.0355. The highest BCUT2D eigenvalue weighted by molar-refractivity contribution is 6.06. The predicted molar refractivity (Wildman–Crippen MR) is 180 cm³/mol. The lowest BCUT2D eigenvalue weighted by molar-refractivity contribution is -0.139. The largest absolute Gasteiger partial charge is 0.480 e. The number of aryl methyl sites for hydroxylation is 1. The molecule has 4 atom stereocenters. The third-order valence-electron chi connectivity index (χ3n) is 10.2. The molecule has 50 heavy (non-hydrogen) atoms. The van der Waals surface area contributed by atoms with Crippen LogP contribution in [0.5, 0.6) is 5.88 Å². The molecule has 2 fully saturated rings. The van der Waals surface area contributed by atoms with Crippen LogP contribution in [0.2, 0.25) is 0 Å². The molecule has 2 saturated heterocycles. The monoisotopic (exact) mass is 683 g/mol. The molecular weight excluding hydrogens is 645 g/mol. The van der Waals surface area contributed by atoms with Crippen LogP contribution in [-0.4, -0.2) is 91.6 Å². The number of benzene rings is 1. The summed E-state index contributed by atoms with van der Waals surface area (Å²) < 4.78 is 37.8. The molecule has 6 bridgehead atoms. The van der Waals surface area contributed by atoms with Gasteiger partial charge in [0.2, 0.25) is 11.8 Å². The molecule has 13 nitrogen and oxygen atoms in total. The van der Waals surface area contributed by atoms with E-state index in [9.17, 15) is 14.7 Å². The molecule has 0 saturated carbocycles. The van der Waals surface area contributed by atoms with Crippen LogP contribution in [-0.2, 0) is 33.5 Å². The van der Waals surface area contributed by atoms with Gasteiger partial charge in [-0.2, -0.15) is 5.10 Å². The number of fused-ring (bicyclic) bond motifs is 11. The van der Waals surface area contributed by atoms with Gasteiger partial charge in [-0.1, -0.05) is 19.1 Å². The first-order chi connectivity index (χ1) is 24.2. The molecule has 0 radical (unpaired) electrons. The number of nitrogens with zero attached hydrogens (tertiary/aromatic N) is 7. The van der Waals surface area contributed by atoms with E-state index >= 15 is 4.39 Å². The molecule has 4 aliphatic heterocycles. The minimum Gasteiger partial charge on any atom is -0.480 e. The first-order valence-corrected chi connectivity index (χ1v) is 17.1. The van der Waals surface area contributed by atoms with Gasteiger partial charge in [0, 0.05) is 87.3 Å². The van der Waals surface area contributed by atoms with Crippen LogP contribution in [0.4, 0.5) is 10.2 Å². The third-order valence-corrected chi connectivity index (χ3v) is 10.2. The van der Waals surface area contributed by atoms with E-state index in [1.54, 1.807) is 46.9 Å². The number of rotatable bonds is 2. The number of hydrogen-bond acceptors (Lipinski definition) is 10. The Bertz CT molecular complexity index is 2100. The summed E-state index contributed by atoms with van der Waals surface area (Å²) in [5, 5.41) is 15.5. The maximum atomic E-state index is 17.5. The van der Waals surface area contributed by atoms with E-state index in [-0.39, 0.29) is 49.8 Å². The summed E-state index contributed by atoms with van der Waals surface area (Å²) in [6.07, 6.45) is 5.83. The van der Waals surface area contributed by atoms with Crippen LogP contribution in [0.1, 0.15) is 44.0 Å². The Morgan fingerprint density at radius 1 is 1.10 bits per heavy atom. The molecule has 8 heterocycles. The second-order valence-electron chi connectivity index (χ2n) is 13.5. The number of para-hydroxylation sites is 1. The summed E-state index contributed by atoms with van der Waals surface area (Å²) in [6, 6.07) is 8.25. The van der Waals surface area contributed by atoms with Gasteiger partial charge < -0.3 is 28.8 Å². The number of halogens is 1. The van der Waals surface area contributed by atoms with Gasteiger partial charge in [0.05, 0.1) is 24.9 Å². The van der Waals surface area contributed by atoms with Crippen molar-refractivity contribution >= 4 is 39.8 Å². The number of piperidine rings is 1. The van der Waals surface area contributed by atoms with Crippen molar-refractivity contribution in [1.82, 2.24) is 29.6 Å². The molecule has 4 aromatic heterocycles. The molecule has 260 valence electrons. The van der Waals surface area contributed by atoms with Gasteiger partial charge in [-0.25, -0.2) is 24.1 Å². The number of carboxylic acids is 1. The number of pyridine rings is 1. The zero-order chi connectivity index (χ0) is 34.6.